The predicted octanol–water partition coefficient (Wildman–Crippen LogP) is 1.91. The van der Waals surface area contributed by atoms with Crippen LogP contribution in [0.1, 0.15) is 29.3 Å². The third kappa shape index (κ3) is 2.74. The molecule has 1 aromatic heterocycles. The fourth-order valence-electron chi connectivity index (χ4n) is 2.23. The SMILES string of the molecule is COCCCN1C(=O)C(C)NC1c1ccc(C)s1. The molecule has 5 heteroatoms. The van der Waals surface area contributed by atoms with Gasteiger partial charge in [-0.1, -0.05) is 0 Å². The van der Waals surface area contributed by atoms with Crippen molar-refractivity contribution in [3.05, 3.63) is 21.9 Å². The van der Waals surface area contributed by atoms with Crippen LogP contribution in [0.5, 0.6) is 0 Å². The molecular formula is C13H20N2O2S. The number of carbonyl (C=O) groups is 1. The lowest BCUT2D eigenvalue weighted by Crippen LogP contribution is -2.31. The molecule has 2 heterocycles. The van der Waals surface area contributed by atoms with Gasteiger partial charge in [-0.3, -0.25) is 10.1 Å². The maximum atomic E-state index is 12.1. The summed E-state index contributed by atoms with van der Waals surface area (Å²) in [4.78, 5) is 16.5. The van der Waals surface area contributed by atoms with E-state index in [-0.39, 0.29) is 18.1 Å². The molecule has 2 unspecified atom stereocenters. The summed E-state index contributed by atoms with van der Waals surface area (Å²) in [5.41, 5.74) is 0. The van der Waals surface area contributed by atoms with Crippen LogP contribution in [-0.4, -0.2) is 37.1 Å². The maximum absolute atomic E-state index is 12.1. The lowest BCUT2D eigenvalue weighted by molar-refractivity contribution is -0.129. The topological polar surface area (TPSA) is 41.6 Å². The van der Waals surface area contributed by atoms with Gasteiger partial charge in [0.2, 0.25) is 5.91 Å². The fraction of sp³-hybridized carbons (Fsp3) is 0.615. The number of nitrogens with zero attached hydrogens (tertiary/aromatic N) is 1. The molecule has 0 bridgehead atoms. The summed E-state index contributed by atoms with van der Waals surface area (Å²) < 4.78 is 5.05. The summed E-state index contributed by atoms with van der Waals surface area (Å²) in [7, 11) is 1.69. The summed E-state index contributed by atoms with van der Waals surface area (Å²) in [6.07, 6.45) is 0.903. The third-order valence-corrected chi connectivity index (χ3v) is 4.20. The minimum Gasteiger partial charge on any atom is -0.385 e. The summed E-state index contributed by atoms with van der Waals surface area (Å²) in [5.74, 6) is 0.183. The van der Waals surface area contributed by atoms with Crippen molar-refractivity contribution < 1.29 is 9.53 Å². The Hall–Kier alpha value is -0.910. The van der Waals surface area contributed by atoms with Crippen LogP contribution in [0.3, 0.4) is 0 Å². The first-order valence-corrected chi connectivity index (χ1v) is 7.07. The van der Waals surface area contributed by atoms with Crippen LogP contribution in [-0.2, 0) is 9.53 Å². The number of ether oxygens (including phenoxy) is 1. The number of rotatable bonds is 5. The maximum Gasteiger partial charge on any atom is 0.241 e. The highest BCUT2D eigenvalue weighted by atomic mass is 32.1. The van der Waals surface area contributed by atoms with E-state index in [0.29, 0.717) is 6.61 Å². The van der Waals surface area contributed by atoms with E-state index in [9.17, 15) is 4.79 Å². The van der Waals surface area contributed by atoms with E-state index >= 15 is 0 Å². The van der Waals surface area contributed by atoms with Gasteiger partial charge in [-0.05, 0) is 32.4 Å². The first kappa shape index (κ1) is 13.5. The van der Waals surface area contributed by atoms with Gasteiger partial charge in [0.1, 0.15) is 6.17 Å². The monoisotopic (exact) mass is 268 g/mol. The highest BCUT2D eigenvalue weighted by Gasteiger charge is 2.37. The molecule has 0 saturated carbocycles. The molecule has 2 atom stereocenters. The number of nitrogens with one attached hydrogen (secondary N) is 1. The molecule has 0 aromatic carbocycles. The molecule has 1 fully saturated rings. The molecule has 4 nitrogen and oxygen atoms in total. The Morgan fingerprint density at radius 1 is 1.50 bits per heavy atom. The molecule has 1 saturated heterocycles. The van der Waals surface area contributed by atoms with Crippen molar-refractivity contribution in [2.45, 2.75) is 32.5 Å². The molecule has 1 aromatic rings. The minimum atomic E-state index is -0.0973. The van der Waals surface area contributed by atoms with Gasteiger partial charge in [0.15, 0.2) is 0 Å². The Kier molecular flexibility index (Phi) is 4.37. The normalized spacial score (nSPS) is 23.9. The Bertz CT molecular complexity index is 419. The largest absolute Gasteiger partial charge is 0.385 e. The zero-order valence-corrected chi connectivity index (χ0v) is 11.9. The fourth-order valence-corrected chi connectivity index (χ4v) is 3.18. The minimum absolute atomic E-state index is 0.0306. The Balaban J connectivity index is 2.09. The number of aryl methyl sites for hydroxylation is 1. The van der Waals surface area contributed by atoms with E-state index in [1.807, 2.05) is 11.8 Å². The smallest absolute Gasteiger partial charge is 0.241 e. The Morgan fingerprint density at radius 2 is 2.28 bits per heavy atom. The molecule has 100 valence electrons. The highest BCUT2D eigenvalue weighted by molar-refractivity contribution is 7.12. The number of amides is 1. The van der Waals surface area contributed by atoms with Crippen LogP contribution in [0.15, 0.2) is 12.1 Å². The highest BCUT2D eigenvalue weighted by Crippen LogP contribution is 2.30. The number of thiophene rings is 1. The summed E-state index contributed by atoms with van der Waals surface area (Å²) in [6, 6.07) is 4.11. The second-order valence-electron chi connectivity index (χ2n) is 4.62. The predicted molar refractivity (Wildman–Crippen MR) is 72.6 cm³/mol. The van der Waals surface area contributed by atoms with E-state index in [1.165, 1.54) is 9.75 Å². The van der Waals surface area contributed by atoms with Crippen LogP contribution >= 0.6 is 11.3 Å². The van der Waals surface area contributed by atoms with Gasteiger partial charge in [-0.15, -0.1) is 11.3 Å². The van der Waals surface area contributed by atoms with Crippen molar-refractivity contribution in [3.8, 4) is 0 Å². The molecule has 0 aliphatic carbocycles. The molecule has 2 rings (SSSR count). The molecule has 1 amide bonds. The van der Waals surface area contributed by atoms with Gasteiger partial charge in [-0.2, -0.15) is 0 Å². The second kappa shape index (κ2) is 5.82. The van der Waals surface area contributed by atoms with Crippen molar-refractivity contribution in [3.63, 3.8) is 0 Å². The number of hydrogen-bond donors (Lipinski definition) is 1. The number of methoxy groups -OCH3 is 1. The van der Waals surface area contributed by atoms with Gasteiger partial charge < -0.3 is 9.64 Å². The number of carbonyl (C=O) groups excluding carboxylic acids is 1. The van der Waals surface area contributed by atoms with Crippen molar-refractivity contribution in [2.24, 2.45) is 0 Å². The van der Waals surface area contributed by atoms with Crippen molar-refractivity contribution in [2.75, 3.05) is 20.3 Å². The van der Waals surface area contributed by atoms with Crippen LogP contribution < -0.4 is 5.32 Å². The molecule has 1 aliphatic heterocycles. The summed E-state index contributed by atoms with van der Waals surface area (Å²) in [6.45, 7) is 5.44. The van der Waals surface area contributed by atoms with Gasteiger partial charge in [0.05, 0.1) is 6.04 Å². The van der Waals surface area contributed by atoms with Gasteiger partial charge >= 0.3 is 0 Å². The average Bonchev–Trinajstić information content (AvgIpc) is 2.88. The zero-order valence-electron chi connectivity index (χ0n) is 11.1. The summed E-state index contributed by atoms with van der Waals surface area (Å²) in [5, 5.41) is 3.36. The van der Waals surface area contributed by atoms with Gasteiger partial charge in [0.25, 0.3) is 0 Å². The van der Waals surface area contributed by atoms with Gasteiger partial charge in [0, 0.05) is 30.0 Å². The first-order valence-electron chi connectivity index (χ1n) is 6.25. The Morgan fingerprint density at radius 3 is 2.89 bits per heavy atom. The third-order valence-electron chi connectivity index (χ3n) is 3.15. The molecular weight excluding hydrogens is 248 g/mol. The molecule has 0 radical (unpaired) electrons. The zero-order chi connectivity index (χ0) is 13.1. The van der Waals surface area contributed by atoms with E-state index in [1.54, 1.807) is 18.4 Å². The molecule has 0 spiro atoms. The van der Waals surface area contributed by atoms with Crippen LogP contribution in [0.25, 0.3) is 0 Å². The van der Waals surface area contributed by atoms with Crippen LogP contribution in [0.2, 0.25) is 0 Å². The Labute approximate surface area is 112 Å². The summed E-state index contributed by atoms with van der Waals surface area (Å²) >= 11 is 1.74. The van der Waals surface area contributed by atoms with E-state index in [2.05, 4.69) is 24.4 Å². The van der Waals surface area contributed by atoms with E-state index < -0.39 is 0 Å². The van der Waals surface area contributed by atoms with E-state index in [4.69, 9.17) is 4.74 Å². The molecule has 18 heavy (non-hydrogen) atoms. The first-order chi connectivity index (χ1) is 8.63. The van der Waals surface area contributed by atoms with E-state index in [0.717, 1.165) is 13.0 Å². The van der Waals surface area contributed by atoms with Crippen LogP contribution in [0, 0.1) is 6.92 Å². The van der Waals surface area contributed by atoms with Crippen LogP contribution in [0.4, 0.5) is 0 Å². The van der Waals surface area contributed by atoms with Crippen molar-refractivity contribution in [1.29, 1.82) is 0 Å². The standard InChI is InChI=1S/C13H20N2O2S/c1-9-5-6-11(18-9)12-14-10(2)13(16)15(12)7-4-8-17-3/h5-6,10,12,14H,4,7-8H2,1-3H3. The van der Waals surface area contributed by atoms with Crippen molar-refractivity contribution in [1.82, 2.24) is 10.2 Å². The lowest BCUT2D eigenvalue weighted by atomic mass is 10.3. The quantitative estimate of drug-likeness (QED) is 0.829. The van der Waals surface area contributed by atoms with Crippen molar-refractivity contribution >= 4 is 17.2 Å². The molecule has 1 aliphatic rings. The lowest BCUT2D eigenvalue weighted by Gasteiger charge is -2.23. The number of hydrogen-bond acceptors (Lipinski definition) is 4. The second-order valence-corrected chi connectivity index (χ2v) is 5.94. The van der Waals surface area contributed by atoms with Gasteiger partial charge in [-0.25, -0.2) is 0 Å². The average molecular weight is 268 g/mol. The molecule has 1 N–H and O–H groups in total.